The number of aliphatic carboxylic acids is 1. The monoisotopic (exact) mass is 246 g/mol. The highest BCUT2D eigenvalue weighted by Crippen LogP contribution is 2.38. The molecule has 0 radical (unpaired) electrons. The Morgan fingerprint density at radius 2 is 2.31 bits per heavy atom. The molecule has 16 heavy (non-hydrogen) atoms. The molecule has 0 bridgehead atoms. The smallest absolute Gasteiger partial charge is 0.310 e. The van der Waals surface area contributed by atoms with E-state index in [1.165, 1.54) is 6.92 Å². The van der Waals surface area contributed by atoms with Crippen molar-refractivity contribution >= 4 is 16.0 Å². The van der Waals surface area contributed by atoms with Crippen molar-refractivity contribution in [2.24, 2.45) is 5.41 Å². The normalized spacial score (nSPS) is 29.9. The number of carboxylic acid groups (broad SMARTS) is 1. The van der Waals surface area contributed by atoms with E-state index in [1.54, 1.807) is 6.07 Å². The van der Waals surface area contributed by atoms with Crippen molar-refractivity contribution < 1.29 is 18.3 Å². The molecule has 0 aromatic carbocycles. The summed E-state index contributed by atoms with van der Waals surface area (Å²) in [7, 11) is -3.69. The third-order valence-electron chi connectivity index (χ3n) is 3.02. The largest absolute Gasteiger partial charge is 0.481 e. The number of nitrogens with one attached hydrogen (secondary N) is 1. The van der Waals surface area contributed by atoms with Crippen LogP contribution in [0.25, 0.3) is 0 Å². The number of nitrogens with zero attached hydrogens (tertiary/aromatic N) is 1. The highest BCUT2D eigenvalue weighted by atomic mass is 32.2. The van der Waals surface area contributed by atoms with Gasteiger partial charge in [0.1, 0.15) is 0 Å². The van der Waals surface area contributed by atoms with Crippen LogP contribution in [-0.4, -0.2) is 31.3 Å². The minimum absolute atomic E-state index is 0.447. The summed E-state index contributed by atoms with van der Waals surface area (Å²) in [5.41, 5.74) is -1.07. The van der Waals surface area contributed by atoms with Crippen LogP contribution < -0.4 is 4.72 Å². The molecule has 0 aromatic heterocycles. The summed E-state index contributed by atoms with van der Waals surface area (Å²) in [6.45, 7) is 1.53. The zero-order valence-electron chi connectivity index (χ0n) is 8.93. The van der Waals surface area contributed by atoms with Crippen LogP contribution in [0.1, 0.15) is 26.2 Å². The van der Waals surface area contributed by atoms with Gasteiger partial charge in [0.2, 0.25) is 10.0 Å². The van der Waals surface area contributed by atoms with Gasteiger partial charge in [-0.15, -0.1) is 0 Å². The van der Waals surface area contributed by atoms with Crippen LogP contribution in [-0.2, 0) is 14.8 Å². The molecule has 0 heterocycles. The van der Waals surface area contributed by atoms with E-state index in [-0.39, 0.29) is 0 Å². The van der Waals surface area contributed by atoms with Crippen molar-refractivity contribution in [3.63, 3.8) is 0 Å². The van der Waals surface area contributed by atoms with Gasteiger partial charge in [0, 0.05) is 6.04 Å². The summed E-state index contributed by atoms with van der Waals surface area (Å²) >= 11 is 0. The lowest BCUT2D eigenvalue weighted by molar-refractivity contribution is -0.148. The molecule has 0 amide bonds. The van der Waals surface area contributed by atoms with Crippen molar-refractivity contribution in [2.45, 2.75) is 32.2 Å². The number of hydrogen-bond donors (Lipinski definition) is 2. The van der Waals surface area contributed by atoms with E-state index in [0.29, 0.717) is 19.3 Å². The first-order chi connectivity index (χ1) is 7.32. The summed E-state index contributed by atoms with van der Waals surface area (Å²) in [6, 6.07) is 0.919. The fourth-order valence-corrected chi connectivity index (χ4v) is 3.02. The fraction of sp³-hybridized carbons (Fsp3) is 0.778. The van der Waals surface area contributed by atoms with Gasteiger partial charge in [-0.05, 0) is 19.8 Å². The van der Waals surface area contributed by atoms with Gasteiger partial charge in [-0.3, -0.25) is 4.79 Å². The molecule has 1 rings (SSSR count). The first-order valence-electron chi connectivity index (χ1n) is 4.92. The van der Waals surface area contributed by atoms with Crippen LogP contribution >= 0.6 is 0 Å². The maximum atomic E-state index is 11.4. The minimum Gasteiger partial charge on any atom is -0.481 e. The molecule has 0 saturated heterocycles. The Balaban J connectivity index is 2.83. The van der Waals surface area contributed by atoms with E-state index in [9.17, 15) is 13.2 Å². The van der Waals surface area contributed by atoms with Gasteiger partial charge in [-0.1, -0.05) is 6.42 Å². The van der Waals surface area contributed by atoms with E-state index in [1.807, 2.05) is 0 Å². The second kappa shape index (κ2) is 4.39. The molecule has 7 heteroatoms. The SMILES string of the molecule is CC1(C(=O)O)CCCC1NS(=O)(=O)CC#N. The summed E-state index contributed by atoms with van der Waals surface area (Å²) in [5, 5.41) is 17.4. The molecule has 2 N–H and O–H groups in total. The number of nitriles is 1. The first kappa shape index (κ1) is 12.9. The lowest BCUT2D eigenvalue weighted by Gasteiger charge is -2.27. The van der Waals surface area contributed by atoms with Gasteiger partial charge in [-0.25, -0.2) is 13.1 Å². The Kier molecular flexibility index (Phi) is 3.55. The van der Waals surface area contributed by atoms with E-state index in [0.717, 1.165) is 0 Å². The molecule has 90 valence electrons. The fourth-order valence-electron chi connectivity index (χ4n) is 1.95. The summed E-state index contributed by atoms with van der Waals surface area (Å²) in [4.78, 5) is 11.1. The lowest BCUT2D eigenvalue weighted by Crippen LogP contribution is -2.47. The average Bonchev–Trinajstić information content (AvgIpc) is 2.48. The number of carboxylic acids is 1. The molecule has 0 aliphatic heterocycles. The molecule has 2 unspecified atom stereocenters. The van der Waals surface area contributed by atoms with Gasteiger partial charge in [0.25, 0.3) is 0 Å². The second-order valence-corrected chi connectivity index (χ2v) is 5.96. The van der Waals surface area contributed by atoms with Crippen molar-refractivity contribution in [2.75, 3.05) is 5.75 Å². The Hall–Kier alpha value is -1.13. The molecule has 0 aromatic rings. The Labute approximate surface area is 94.3 Å². The number of carbonyl (C=O) groups is 1. The predicted octanol–water partition coefficient (Wildman–Crippen LogP) is 0.0728. The zero-order valence-corrected chi connectivity index (χ0v) is 9.75. The van der Waals surface area contributed by atoms with Gasteiger partial charge in [0.05, 0.1) is 11.5 Å². The third kappa shape index (κ3) is 2.51. The maximum absolute atomic E-state index is 11.4. The van der Waals surface area contributed by atoms with E-state index < -0.39 is 33.2 Å². The van der Waals surface area contributed by atoms with Crippen LogP contribution in [0.3, 0.4) is 0 Å². The van der Waals surface area contributed by atoms with Crippen LogP contribution in [0, 0.1) is 16.7 Å². The number of hydrogen-bond acceptors (Lipinski definition) is 4. The number of sulfonamides is 1. The molecule has 1 fully saturated rings. The lowest BCUT2D eigenvalue weighted by atomic mass is 9.85. The molecule has 0 spiro atoms. The van der Waals surface area contributed by atoms with E-state index >= 15 is 0 Å². The van der Waals surface area contributed by atoms with Crippen LogP contribution in [0.2, 0.25) is 0 Å². The second-order valence-electron chi connectivity index (χ2n) is 4.20. The van der Waals surface area contributed by atoms with Gasteiger partial charge >= 0.3 is 5.97 Å². The van der Waals surface area contributed by atoms with Crippen molar-refractivity contribution in [1.82, 2.24) is 4.72 Å². The topological polar surface area (TPSA) is 107 Å². The van der Waals surface area contributed by atoms with Crippen molar-refractivity contribution in [1.29, 1.82) is 5.26 Å². The molecule has 1 aliphatic carbocycles. The third-order valence-corrected chi connectivity index (χ3v) is 4.18. The zero-order chi connectivity index (χ0) is 12.4. The Bertz CT molecular complexity index is 425. The summed E-state index contributed by atoms with van der Waals surface area (Å²) in [5.74, 6) is -1.64. The van der Waals surface area contributed by atoms with Crippen molar-refractivity contribution in [3.05, 3.63) is 0 Å². The molecular formula is C9H14N2O4S. The molecule has 1 saturated carbocycles. The molecular weight excluding hydrogens is 232 g/mol. The summed E-state index contributed by atoms with van der Waals surface area (Å²) in [6.07, 6.45) is 1.61. The molecule has 6 nitrogen and oxygen atoms in total. The van der Waals surface area contributed by atoms with Crippen LogP contribution in [0.5, 0.6) is 0 Å². The highest BCUT2D eigenvalue weighted by molar-refractivity contribution is 7.89. The molecule has 2 atom stereocenters. The Morgan fingerprint density at radius 3 is 2.81 bits per heavy atom. The van der Waals surface area contributed by atoms with Gasteiger partial charge < -0.3 is 5.11 Å². The standard InChI is InChI=1S/C9H14N2O4S/c1-9(8(12)13)4-2-3-7(9)11-16(14,15)6-5-10/h7,11H,2-4,6H2,1H3,(H,12,13). The molecule has 1 aliphatic rings. The highest BCUT2D eigenvalue weighted by Gasteiger charge is 2.46. The van der Waals surface area contributed by atoms with Crippen molar-refractivity contribution in [3.8, 4) is 6.07 Å². The van der Waals surface area contributed by atoms with Gasteiger partial charge in [0.15, 0.2) is 5.75 Å². The quantitative estimate of drug-likeness (QED) is 0.730. The Morgan fingerprint density at radius 1 is 1.69 bits per heavy atom. The van der Waals surface area contributed by atoms with Crippen LogP contribution in [0.15, 0.2) is 0 Å². The number of rotatable bonds is 4. The van der Waals surface area contributed by atoms with Gasteiger partial charge in [-0.2, -0.15) is 5.26 Å². The summed E-state index contributed by atoms with van der Waals surface area (Å²) < 4.78 is 25.0. The van der Waals surface area contributed by atoms with E-state index in [4.69, 9.17) is 10.4 Å². The predicted molar refractivity (Wildman–Crippen MR) is 55.9 cm³/mol. The minimum atomic E-state index is -3.69. The van der Waals surface area contributed by atoms with Crippen LogP contribution in [0.4, 0.5) is 0 Å². The first-order valence-corrected chi connectivity index (χ1v) is 6.57. The average molecular weight is 246 g/mol. The maximum Gasteiger partial charge on any atom is 0.310 e. The van der Waals surface area contributed by atoms with E-state index in [2.05, 4.69) is 4.72 Å².